The van der Waals surface area contributed by atoms with Gasteiger partial charge in [-0.1, -0.05) is 17.7 Å². The predicted molar refractivity (Wildman–Crippen MR) is 126 cm³/mol. The first-order valence-electron chi connectivity index (χ1n) is 9.61. The molecule has 7 nitrogen and oxygen atoms in total. The van der Waals surface area contributed by atoms with Crippen LogP contribution >= 0.6 is 22.9 Å². The molecule has 4 rings (SSSR count). The summed E-state index contributed by atoms with van der Waals surface area (Å²) in [5, 5.41) is 2.28. The highest BCUT2D eigenvalue weighted by molar-refractivity contribution is 7.92. The zero-order chi connectivity index (χ0) is 22.9. The summed E-state index contributed by atoms with van der Waals surface area (Å²) in [5.41, 5.74) is 3.76. The van der Waals surface area contributed by atoms with Crippen molar-refractivity contribution < 1.29 is 13.2 Å². The van der Waals surface area contributed by atoms with Gasteiger partial charge in [-0.3, -0.25) is 9.78 Å². The van der Waals surface area contributed by atoms with Gasteiger partial charge >= 0.3 is 0 Å². The molecule has 0 aliphatic carbocycles. The molecule has 0 saturated heterocycles. The first kappa shape index (κ1) is 22.2. The molecule has 1 amide bonds. The molecule has 0 saturated carbocycles. The third-order valence-electron chi connectivity index (χ3n) is 4.68. The Morgan fingerprint density at radius 1 is 1.25 bits per heavy atom. The Morgan fingerprint density at radius 3 is 2.81 bits per heavy atom. The Kier molecular flexibility index (Phi) is 6.14. The van der Waals surface area contributed by atoms with Gasteiger partial charge in [0.2, 0.25) is 0 Å². The number of benzene rings is 1. The summed E-state index contributed by atoms with van der Waals surface area (Å²) >= 11 is 7.08. The van der Waals surface area contributed by atoms with Gasteiger partial charge in [0.1, 0.15) is 0 Å². The van der Waals surface area contributed by atoms with Gasteiger partial charge in [0.15, 0.2) is 4.21 Å². The number of fused-ring (bicyclic) bond motifs is 1. The second-order valence-corrected chi connectivity index (χ2v) is 10.7. The van der Waals surface area contributed by atoms with Crippen molar-refractivity contribution in [2.24, 2.45) is 0 Å². The maximum Gasteiger partial charge on any atom is 0.275 e. The van der Waals surface area contributed by atoms with Crippen LogP contribution in [-0.4, -0.2) is 29.3 Å². The highest BCUT2D eigenvalue weighted by atomic mass is 35.5. The van der Waals surface area contributed by atoms with Gasteiger partial charge < -0.3 is 4.98 Å². The third-order valence-corrected chi connectivity index (χ3v) is 7.94. The Hall–Kier alpha value is -3.01. The molecule has 4 aromatic rings. The SMILES string of the molecule is Cc1nc(C)c(S(=O)(=O)NC(=O)/C=C/c2ncccc2Cc2cc3cc(Cl)ccc3[nH]2)s1. The summed E-state index contributed by atoms with van der Waals surface area (Å²) in [6.07, 6.45) is 4.84. The second-order valence-electron chi connectivity index (χ2n) is 7.16. The number of hydrogen-bond acceptors (Lipinski definition) is 6. The van der Waals surface area contributed by atoms with Crippen LogP contribution in [-0.2, 0) is 21.2 Å². The van der Waals surface area contributed by atoms with Gasteiger partial charge in [-0.05, 0) is 55.8 Å². The molecule has 3 aromatic heterocycles. The van der Waals surface area contributed by atoms with E-state index in [1.54, 1.807) is 20.0 Å². The van der Waals surface area contributed by atoms with E-state index in [1.807, 2.05) is 36.4 Å². The summed E-state index contributed by atoms with van der Waals surface area (Å²) in [6.45, 7) is 3.30. The minimum atomic E-state index is -3.98. The molecule has 0 radical (unpaired) electrons. The van der Waals surface area contributed by atoms with Crippen LogP contribution in [0, 0.1) is 13.8 Å². The monoisotopic (exact) mass is 486 g/mol. The lowest BCUT2D eigenvalue weighted by atomic mass is 10.1. The smallest absolute Gasteiger partial charge is 0.275 e. The minimum Gasteiger partial charge on any atom is -0.358 e. The number of sulfonamides is 1. The van der Waals surface area contributed by atoms with Crippen LogP contribution in [0.3, 0.4) is 0 Å². The molecule has 0 aliphatic rings. The van der Waals surface area contributed by atoms with Gasteiger partial charge in [-0.2, -0.15) is 0 Å². The van der Waals surface area contributed by atoms with E-state index in [2.05, 4.69) is 19.7 Å². The van der Waals surface area contributed by atoms with Gasteiger partial charge in [-0.25, -0.2) is 18.1 Å². The Labute approximate surface area is 194 Å². The number of nitrogens with zero attached hydrogens (tertiary/aromatic N) is 2. The van der Waals surface area contributed by atoms with E-state index in [4.69, 9.17) is 11.6 Å². The van der Waals surface area contributed by atoms with Gasteiger partial charge in [0.25, 0.3) is 15.9 Å². The Bertz CT molecular complexity index is 1460. The first-order chi connectivity index (χ1) is 15.2. The van der Waals surface area contributed by atoms with Crippen molar-refractivity contribution in [1.29, 1.82) is 0 Å². The molecule has 0 unspecified atom stereocenters. The number of H-pyrrole nitrogens is 1. The topological polar surface area (TPSA) is 105 Å². The maximum absolute atomic E-state index is 12.5. The number of aryl methyl sites for hydroxylation is 2. The molecule has 10 heteroatoms. The number of nitrogens with one attached hydrogen (secondary N) is 2. The number of carbonyl (C=O) groups is 1. The van der Waals surface area contributed by atoms with E-state index in [-0.39, 0.29) is 4.21 Å². The highest BCUT2D eigenvalue weighted by Crippen LogP contribution is 2.23. The standard InChI is InChI=1S/C22H19ClN4O3S2/c1-13-22(31-14(2)25-13)32(29,30)27-21(28)8-7-19-15(4-3-9-24-19)11-18-12-16-10-17(23)5-6-20(16)26-18/h3-10,12,26H,11H2,1-2H3,(H,27,28)/b8-7+. The number of pyridine rings is 1. The third kappa shape index (κ3) is 4.90. The van der Waals surface area contributed by atoms with Crippen molar-refractivity contribution in [3.8, 4) is 0 Å². The average Bonchev–Trinajstić information content (AvgIpc) is 3.28. The molecule has 0 fully saturated rings. The number of rotatable bonds is 6. The van der Waals surface area contributed by atoms with E-state index in [0.717, 1.165) is 39.6 Å². The van der Waals surface area contributed by atoms with Crippen LogP contribution in [0.5, 0.6) is 0 Å². The summed E-state index contributed by atoms with van der Waals surface area (Å²) in [5.74, 6) is -0.757. The molecule has 0 bridgehead atoms. The molecule has 0 spiro atoms. The summed E-state index contributed by atoms with van der Waals surface area (Å²) in [7, 11) is -3.98. The summed E-state index contributed by atoms with van der Waals surface area (Å²) in [6, 6.07) is 11.4. The lowest BCUT2D eigenvalue weighted by molar-refractivity contribution is -0.114. The summed E-state index contributed by atoms with van der Waals surface area (Å²) < 4.78 is 27.1. The molecule has 0 aliphatic heterocycles. The number of carbonyl (C=O) groups excluding carboxylic acids is 1. The van der Waals surface area contributed by atoms with Crippen molar-refractivity contribution >= 4 is 55.8 Å². The van der Waals surface area contributed by atoms with E-state index < -0.39 is 15.9 Å². The van der Waals surface area contributed by atoms with Gasteiger partial charge in [-0.15, -0.1) is 11.3 Å². The van der Waals surface area contributed by atoms with Crippen LogP contribution < -0.4 is 4.72 Å². The fourth-order valence-electron chi connectivity index (χ4n) is 3.34. The Balaban J connectivity index is 1.52. The zero-order valence-electron chi connectivity index (χ0n) is 17.2. The fraction of sp³-hybridized carbons (Fsp3) is 0.136. The molecule has 164 valence electrons. The van der Waals surface area contributed by atoms with Crippen molar-refractivity contribution in [3.63, 3.8) is 0 Å². The van der Waals surface area contributed by atoms with Crippen molar-refractivity contribution in [2.45, 2.75) is 24.5 Å². The summed E-state index contributed by atoms with van der Waals surface area (Å²) in [4.78, 5) is 24.1. The number of halogens is 1. The fourth-order valence-corrected chi connectivity index (χ4v) is 5.95. The lowest BCUT2D eigenvalue weighted by Gasteiger charge is -2.05. The van der Waals surface area contributed by atoms with E-state index in [1.165, 1.54) is 6.08 Å². The number of aromatic nitrogens is 3. The molecule has 3 heterocycles. The van der Waals surface area contributed by atoms with Crippen molar-refractivity contribution in [2.75, 3.05) is 0 Å². The predicted octanol–water partition coefficient (Wildman–Crippen LogP) is 4.40. The zero-order valence-corrected chi connectivity index (χ0v) is 19.6. The molecule has 1 aromatic carbocycles. The Morgan fingerprint density at radius 2 is 2.06 bits per heavy atom. The van der Waals surface area contributed by atoms with Crippen LogP contribution in [0.1, 0.15) is 27.7 Å². The average molecular weight is 487 g/mol. The largest absolute Gasteiger partial charge is 0.358 e. The number of aromatic amines is 1. The van der Waals surface area contributed by atoms with Crippen LogP contribution in [0.4, 0.5) is 0 Å². The molecular formula is C22H19ClN4O3S2. The molecule has 32 heavy (non-hydrogen) atoms. The van der Waals surface area contributed by atoms with Crippen LogP contribution in [0.25, 0.3) is 17.0 Å². The maximum atomic E-state index is 12.5. The van der Waals surface area contributed by atoms with Gasteiger partial charge in [0, 0.05) is 40.3 Å². The van der Waals surface area contributed by atoms with Crippen molar-refractivity contribution in [1.82, 2.24) is 19.7 Å². The molecular weight excluding hydrogens is 468 g/mol. The van der Waals surface area contributed by atoms with Gasteiger partial charge in [0.05, 0.1) is 16.4 Å². The first-order valence-corrected chi connectivity index (χ1v) is 12.3. The number of thiazole rings is 1. The van der Waals surface area contributed by atoms with Crippen molar-refractivity contribution in [3.05, 3.63) is 81.3 Å². The van der Waals surface area contributed by atoms with Crippen LogP contribution in [0.2, 0.25) is 5.02 Å². The number of hydrogen-bond donors (Lipinski definition) is 2. The highest BCUT2D eigenvalue weighted by Gasteiger charge is 2.22. The second kappa shape index (κ2) is 8.85. The van der Waals surface area contributed by atoms with Crippen LogP contribution in [0.15, 0.2) is 52.9 Å². The minimum absolute atomic E-state index is 0.0363. The van der Waals surface area contributed by atoms with E-state index in [0.29, 0.717) is 27.8 Å². The van der Waals surface area contributed by atoms with E-state index >= 15 is 0 Å². The normalized spacial score (nSPS) is 12.0. The van der Waals surface area contributed by atoms with E-state index in [9.17, 15) is 13.2 Å². The molecule has 2 N–H and O–H groups in total. The quantitative estimate of drug-likeness (QED) is 0.393. The lowest BCUT2D eigenvalue weighted by Crippen LogP contribution is -2.28. The molecule has 0 atom stereocenters. The number of amides is 1.